The van der Waals surface area contributed by atoms with Crippen molar-refractivity contribution >= 4 is 38.9 Å². The molecule has 0 saturated carbocycles. The molecular weight excluding hydrogens is 338 g/mol. The maximum atomic E-state index is 12.1. The van der Waals surface area contributed by atoms with E-state index in [0.29, 0.717) is 28.0 Å². The van der Waals surface area contributed by atoms with Gasteiger partial charge in [0.05, 0.1) is 17.3 Å². The minimum Gasteiger partial charge on any atom is -0.397 e. The Kier molecular flexibility index (Phi) is 4.77. The van der Waals surface area contributed by atoms with E-state index < -0.39 is 0 Å². The first kappa shape index (κ1) is 14.6. The number of alkyl halides is 1. The summed E-state index contributed by atoms with van der Waals surface area (Å²) in [6.07, 6.45) is 0. The molecule has 0 aliphatic rings. The Morgan fingerprint density at radius 1 is 1.45 bits per heavy atom. The highest BCUT2D eigenvalue weighted by Crippen LogP contribution is 2.26. The maximum absolute atomic E-state index is 12.1. The lowest BCUT2D eigenvalue weighted by molar-refractivity contribution is 0.0956. The van der Waals surface area contributed by atoms with E-state index in [-0.39, 0.29) is 5.91 Å². The number of nitrogens with zero attached hydrogens (tertiary/aromatic N) is 1. The number of nitriles is 1. The molecule has 0 spiro atoms. The molecule has 1 aromatic heterocycles. The van der Waals surface area contributed by atoms with E-state index >= 15 is 0 Å². The summed E-state index contributed by atoms with van der Waals surface area (Å²) in [7, 11) is 0. The molecule has 2 aromatic rings. The van der Waals surface area contributed by atoms with Gasteiger partial charge in [0.25, 0.3) is 5.91 Å². The Morgan fingerprint density at radius 2 is 2.20 bits per heavy atom. The number of benzene rings is 1. The van der Waals surface area contributed by atoms with Crippen molar-refractivity contribution < 1.29 is 4.79 Å². The molecule has 20 heavy (non-hydrogen) atoms. The summed E-state index contributed by atoms with van der Waals surface area (Å²) < 4.78 is 0. The number of halogens is 1. The second-order valence-corrected chi connectivity index (χ2v) is 5.78. The van der Waals surface area contributed by atoms with Gasteiger partial charge < -0.3 is 11.1 Å². The fraction of sp³-hybridized carbons (Fsp3) is 0.143. The van der Waals surface area contributed by atoms with Gasteiger partial charge in [-0.25, -0.2) is 0 Å². The lowest BCUT2D eigenvalue weighted by Gasteiger charge is -2.06. The van der Waals surface area contributed by atoms with Gasteiger partial charge in [0.15, 0.2) is 0 Å². The summed E-state index contributed by atoms with van der Waals surface area (Å²) >= 11 is 4.70. The van der Waals surface area contributed by atoms with Gasteiger partial charge in [0.2, 0.25) is 0 Å². The highest BCUT2D eigenvalue weighted by Gasteiger charge is 2.14. The van der Waals surface area contributed by atoms with E-state index in [0.717, 1.165) is 10.4 Å². The summed E-state index contributed by atoms with van der Waals surface area (Å²) in [5.41, 5.74) is 7.66. The van der Waals surface area contributed by atoms with Crippen molar-refractivity contribution in [2.45, 2.75) is 11.9 Å². The van der Waals surface area contributed by atoms with E-state index in [9.17, 15) is 4.79 Å². The van der Waals surface area contributed by atoms with Gasteiger partial charge in [-0.3, -0.25) is 4.79 Å². The van der Waals surface area contributed by atoms with Crippen LogP contribution in [-0.2, 0) is 11.9 Å². The molecule has 4 nitrogen and oxygen atoms in total. The van der Waals surface area contributed by atoms with E-state index in [4.69, 9.17) is 11.0 Å². The third-order valence-corrected chi connectivity index (χ3v) is 4.85. The zero-order chi connectivity index (χ0) is 14.5. The van der Waals surface area contributed by atoms with Crippen LogP contribution in [0, 0.1) is 11.3 Å². The molecule has 1 amide bonds. The summed E-state index contributed by atoms with van der Waals surface area (Å²) in [5, 5.41) is 12.5. The van der Waals surface area contributed by atoms with Crippen molar-refractivity contribution in [2.24, 2.45) is 0 Å². The summed E-state index contributed by atoms with van der Waals surface area (Å²) in [5.74, 6) is -0.215. The molecule has 2 rings (SSSR count). The number of rotatable bonds is 4. The van der Waals surface area contributed by atoms with Crippen LogP contribution in [0.4, 0.5) is 5.69 Å². The first-order valence-electron chi connectivity index (χ1n) is 5.86. The normalized spacial score (nSPS) is 10.0. The van der Waals surface area contributed by atoms with Crippen molar-refractivity contribution in [2.75, 3.05) is 5.73 Å². The van der Waals surface area contributed by atoms with Crippen LogP contribution in [0.25, 0.3) is 0 Å². The predicted molar refractivity (Wildman–Crippen MR) is 83.7 cm³/mol. The molecule has 0 unspecified atom stereocenters. The Hall–Kier alpha value is -1.84. The molecule has 6 heteroatoms. The van der Waals surface area contributed by atoms with E-state index in [2.05, 4.69) is 27.3 Å². The van der Waals surface area contributed by atoms with Gasteiger partial charge in [0, 0.05) is 16.8 Å². The average molecular weight is 350 g/mol. The molecule has 0 fully saturated rings. The monoisotopic (exact) mass is 349 g/mol. The molecule has 3 N–H and O–H groups in total. The minimum atomic E-state index is -0.215. The fourth-order valence-electron chi connectivity index (χ4n) is 1.74. The zero-order valence-electron chi connectivity index (χ0n) is 10.5. The van der Waals surface area contributed by atoms with Crippen molar-refractivity contribution in [3.63, 3.8) is 0 Å². The third kappa shape index (κ3) is 3.18. The summed E-state index contributed by atoms with van der Waals surface area (Å²) in [6, 6.07) is 11.1. The van der Waals surface area contributed by atoms with Crippen LogP contribution in [0.2, 0.25) is 0 Å². The molecular formula is C14H12BrN3OS. The molecule has 0 saturated heterocycles. The molecule has 1 heterocycles. The third-order valence-electron chi connectivity index (χ3n) is 2.73. The lowest BCUT2D eigenvalue weighted by Crippen LogP contribution is -2.23. The van der Waals surface area contributed by atoms with Crippen LogP contribution in [-0.4, -0.2) is 5.91 Å². The zero-order valence-corrected chi connectivity index (χ0v) is 12.9. The highest BCUT2D eigenvalue weighted by molar-refractivity contribution is 9.08. The van der Waals surface area contributed by atoms with Gasteiger partial charge in [-0.1, -0.05) is 34.1 Å². The number of anilines is 1. The largest absolute Gasteiger partial charge is 0.397 e. The number of nitrogens with one attached hydrogen (secondary N) is 1. The quantitative estimate of drug-likeness (QED) is 0.832. The highest BCUT2D eigenvalue weighted by atomic mass is 79.9. The Bertz CT molecular complexity index is 675. The van der Waals surface area contributed by atoms with Gasteiger partial charge in [-0.2, -0.15) is 5.26 Å². The van der Waals surface area contributed by atoms with Crippen LogP contribution < -0.4 is 11.1 Å². The standard InChI is InChI=1S/C14H12BrN3OS/c15-6-11-5-12(17)13(20-11)14(19)18-8-10-4-2-1-3-9(10)7-16/h1-5H,6,8,17H2,(H,18,19). The number of hydrogen-bond acceptors (Lipinski definition) is 4. The number of hydrogen-bond donors (Lipinski definition) is 2. The van der Waals surface area contributed by atoms with Gasteiger partial charge in [-0.15, -0.1) is 11.3 Å². The van der Waals surface area contributed by atoms with E-state index in [1.54, 1.807) is 18.2 Å². The van der Waals surface area contributed by atoms with E-state index in [1.165, 1.54) is 11.3 Å². The predicted octanol–water partition coefficient (Wildman–Crippen LogP) is 3.03. The molecule has 0 radical (unpaired) electrons. The number of amides is 1. The summed E-state index contributed by atoms with van der Waals surface area (Å²) in [4.78, 5) is 13.6. The topological polar surface area (TPSA) is 78.9 Å². The Balaban J connectivity index is 2.09. The number of thiophene rings is 1. The van der Waals surface area contributed by atoms with Gasteiger partial charge in [-0.05, 0) is 17.7 Å². The second kappa shape index (κ2) is 6.55. The fourth-order valence-corrected chi connectivity index (χ4v) is 3.09. The Labute approximate surface area is 129 Å². The molecule has 1 aromatic carbocycles. The first-order chi connectivity index (χ1) is 9.65. The number of carbonyl (C=O) groups excluding carboxylic acids is 1. The van der Waals surface area contributed by atoms with Crippen LogP contribution in [0.3, 0.4) is 0 Å². The average Bonchev–Trinajstić information content (AvgIpc) is 2.86. The van der Waals surface area contributed by atoms with Crippen LogP contribution in [0.15, 0.2) is 30.3 Å². The minimum absolute atomic E-state index is 0.215. The maximum Gasteiger partial charge on any atom is 0.263 e. The molecule has 0 bridgehead atoms. The summed E-state index contributed by atoms with van der Waals surface area (Å²) in [6.45, 7) is 0.309. The van der Waals surface area contributed by atoms with E-state index in [1.807, 2.05) is 12.1 Å². The molecule has 0 aliphatic carbocycles. The molecule has 0 atom stereocenters. The second-order valence-electron chi connectivity index (χ2n) is 4.08. The molecule has 102 valence electrons. The molecule has 0 aliphatic heterocycles. The van der Waals surface area contributed by atoms with Crippen molar-refractivity contribution in [3.8, 4) is 6.07 Å². The number of carbonyl (C=O) groups is 1. The number of nitrogens with two attached hydrogens (primary N) is 1. The van der Waals surface area contributed by atoms with Crippen LogP contribution in [0.5, 0.6) is 0 Å². The van der Waals surface area contributed by atoms with Gasteiger partial charge >= 0.3 is 0 Å². The van der Waals surface area contributed by atoms with Crippen LogP contribution in [0.1, 0.15) is 25.7 Å². The first-order valence-corrected chi connectivity index (χ1v) is 7.80. The smallest absolute Gasteiger partial charge is 0.263 e. The van der Waals surface area contributed by atoms with Crippen molar-refractivity contribution in [1.29, 1.82) is 5.26 Å². The Morgan fingerprint density at radius 3 is 2.85 bits per heavy atom. The van der Waals surface area contributed by atoms with Crippen molar-refractivity contribution in [1.82, 2.24) is 5.32 Å². The number of nitrogen functional groups attached to an aromatic ring is 1. The van der Waals surface area contributed by atoms with Crippen molar-refractivity contribution in [3.05, 3.63) is 51.2 Å². The SMILES string of the molecule is N#Cc1ccccc1CNC(=O)c1sc(CBr)cc1N. The van der Waals surface area contributed by atoms with Crippen LogP contribution >= 0.6 is 27.3 Å². The lowest BCUT2D eigenvalue weighted by atomic mass is 10.1. The van der Waals surface area contributed by atoms with Gasteiger partial charge in [0.1, 0.15) is 4.88 Å².